The Morgan fingerprint density at radius 2 is 1.58 bits per heavy atom. The molecule has 0 aromatic rings. The highest BCUT2D eigenvalue weighted by molar-refractivity contribution is 4.64. The third kappa shape index (κ3) is 4.10. The van der Waals surface area contributed by atoms with Crippen LogP contribution in [0.15, 0.2) is 0 Å². The summed E-state index contributed by atoms with van der Waals surface area (Å²) in [7, 11) is 0. The van der Waals surface area contributed by atoms with Gasteiger partial charge in [-0.05, 0) is 18.9 Å². The van der Waals surface area contributed by atoms with Crippen LogP contribution in [0.1, 0.15) is 57.8 Å². The van der Waals surface area contributed by atoms with Gasteiger partial charge < -0.3 is 5.73 Å². The van der Waals surface area contributed by atoms with Gasteiger partial charge in [-0.15, -0.1) is 0 Å². The average molecular weight is 169 g/mol. The lowest BCUT2D eigenvalue weighted by Crippen LogP contribution is -2.02. The van der Waals surface area contributed by atoms with Crippen LogP contribution in [0.5, 0.6) is 0 Å². The summed E-state index contributed by atoms with van der Waals surface area (Å²) in [4.78, 5) is 0. The largest absolute Gasteiger partial charge is 0.330 e. The van der Waals surface area contributed by atoms with Gasteiger partial charge >= 0.3 is 0 Å². The fraction of sp³-hybridized carbons (Fsp3) is 1.00. The summed E-state index contributed by atoms with van der Waals surface area (Å²) < 4.78 is 0. The lowest BCUT2D eigenvalue weighted by atomic mass is 9.94. The Labute approximate surface area is 76.7 Å². The second-order valence-electron chi connectivity index (χ2n) is 4.14. The maximum Gasteiger partial charge on any atom is -0.00773 e. The first-order chi connectivity index (χ1) is 5.93. The van der Waals surface area contributed by atoms with Crippen LogP contribution in [0.25, 0.3) is 0 Å². The molecule has 0 bridgehead atoms. The van der Waals surface area contributed by atoms with Crippen LogP contribution in [0.4, 0.5) is 0 Å². The Morgan fingerprint density at radius 1 is 0.917 bits per heavy atom. The summed E-state index contributed by atoms with van der Waals surface area (Å²) in [6.07, 6.45) is 12.9. The molecular weight excluding hydrogens is 146 g/mol. The minimum atomic E-state index is 0.882. The molecule has 0 spiro atoms. The third-order valence-electron chi connectivity index (χ3n) is 3.04. The molecule has 1 aliphatic carbocycles. The van der Waals surface area contributed by atoms with Crippen molar-refractivity contribution in [3.8, 4) is 0 Å². The van der Waals surface area contributed by atoms with Gasteiger partial charge in [0.15, 0.2) is 0 Å². The SMILES string of the molecule is NCCCCC1CCCCCC1. The number of hydrogen-bond acceptors (Lipinski definition) is 1. The smallest absolute Gasteiger partial charge is 0.00773 e. The van der Waals surface area contributed by atoms with E-state index in [1.807, 2.05) is 0 Å². The van der Waals surface area contributed by atoms with Gasteiger partial charge in [-0.25, -0.2) is 0 Å². The summed E-state index contributed by atoms with van der Waals surface area (Å²) >= 11 is 0. The van der Waals surface area contributed by atoms with Crippen LogP contribution >= 0.6 is 0 Å². The highest BCUT2D eigenvalue weighted by Gasteiger charge is 2.10. The first-order valence-corrected chi connectivity index (χ1v) is 5.63. The van der Waals surface area contributed by atoms with Crippen molar-refractivity contribution in [3.63, 3.8) is 0 Å². The zero-order valence-corrected chi connectivity index (χ0v) is 8.23. The van der Waals surface area contributed by atoms with E-state index in [0.717, 1.165) is 12.5 Å². The summed E-state index contributed by atoms with van der Waals surface area (Å²) in [5.41, 5.74) is 5.47. The van der Waals surface area contributed by atoms with Crippen LogP contribution in [-0.4, -0.2) is 6.54 Å². The standard InChI is InChI=1S/C11H23N/c12-10-6-5-9-11-7-3-1-2-4-8-11/h11H,1-10,12H2. The summed E-state index contributed by atoms with van der Waals surface area (Å²) in [6.45, 7) is 0.882. The molecule has 0 atom stereocenters. The monoisotopic (exact) mass is 169 g/mol. The van der Waals surface area contributed by atoms with Crippen molar-refractivity contribution in [1.82, 2.24) is 0 Å². The zero-order chi connectivity index (χ0) is 8.65. The minimum absolute atomic E-state index is 0.882. The second kappa shape index (κ2) is 6.47. The first-order valence-electron chi connectivity index (χ1n) is 5.63. The highest BCUT2D eigenvalue weighted by Crippen LogP contribution is 2.26. The molecule has 0 aliphatic heterocycles. The molecule has 0 heterocycles. The van der Waals surface area contributed by atoms with Crippen molar-refractivity contribution in [2.75, 3.05) is 6.54 Å². The normalized spacial score (nSPS) is 20.8. The summed E-state index contributed by atoms with van der Waals surface area (Å²) in [6, 6.07) is 0. The maximum atomic E-state index is 5.47. The molecule has 0 unspecified atom stereocenters. The van der Waals surface area contributed by atoms with E-state index in [4.69, 9.17) is 5.73 Å². The van der Waals surface area contributed by atoms with Gasteiger partial charge in [0.25, 0.3) is 0 Å². The quantitative estimate of drug-likeness (QED) is 0.508. The Bertz CT molecular complexity index is 93.2. The van der Waals surface area contributed by atoms with Gasteiger partial charge in [0, 0.05) is 0 Å². The van der Waals surface area contributed by atoms with E-state index in [-0.39, 0.29) is 0 Å². The first kappa shape index (κ1) is 10.0. The maximum absolute atomic E-state index is 5.47. The van der Waals surface area contributed by atoms with Gasteiger partial charge in [0.05, 0.1) is 0 Å². The molecule has 1 saturated carbocycles. The summed E-state index contributed by atoms with van der Waals surface area (Å²) in [5.74, 6) is 1.04. The van der Waals surface area contributed by atoms with Crippen LogP contribution in [0.2, 0.25) is 0 Å². The molecule has 1 fully saturated rings. The molecule has 0 saturated heterocycles. The van der Waals surface area contributed by atoms with Crippen LogP contribution in [0, 0.1) is 5.92 Å². The lowest BCUT2D eigenvalue weighted by Gasteiger charge is -2.12. The highest BCUT2D eigenvalue weighted by atomic mass is 14.5. The van der Waals surface area contributed by atoms with E-state index in [1.54, 1.807) is 0 Å². The fourth-order valence-corrected chi connectivity index (χ4v) is 2.23. The molecular formula is C11H23N. The fourth-order valence-electron chi connectivity index (χ4n) is 2.23. The molecule has 2 N–H and O–H groups in total. The van der Waals surface area contributed by atoms with Crippen molar-refractivity contribution in [2.45, 2.75) is 57.8 Å². The van der Waals surface area contributed by atoms with Gasteiger partial charge in [-0.1, -0.05) is 51.4 Å². The van der Waals surface area contributed by atoms with Gasteiger partial charge in [-0.2, -0.15) is 0 Å². The molecule has 12 heavy (non-hydrogen) atoms. The van der Waals surface area contributed by atoms with Crippen molar-refractivity contribution in [1.29, 1.82) is 0 Å². The van der Waals surface area contributed by atoms with E-state index in [9.17, 15) is 0 Å². The number of nitrogens with two attached hydrogens (primary N) is 1. The molecule has 0 aromatic carbocycles. The Morgan fingerprint density at radius 3 is 2.17 bits per heavy atom. The van der Waals surface area contributed by atoms with Gasteiger partial charge in [0.2, 0.25) is 0 Å². The third-order valence-corrected chi connectivity index (χ3v) is 3.04. The molecule has 1 aliphatic rings. The Kier molecular flexibility index (Phi) is 5.42. The lowest BCUT2D eigenvalue weighted by molar-refractivity contribution is 0.411. The molecule has 0 aromatic heterocycles. The second-order valence-corrected chi connectivity index (χ2v) is 4.14. The molecule has 0 radical (unpaired) electrons. The van der Waals surface area contributed by atoms with E-state index >= 15 is 0 Å². The van der Waals surface area contributed by atoms with Crippen molar-refractivity contribution >= 4 is 0 Å². The van der Waals surface area contributed by atoms with Crippen LogP contribution in [0.3, 0.4) is 0 Å². The van der Waals surface area contributed by atoms with E-state index in [1.165, 1.54) is 57.8 Å². The van der Waals surface area contributed by atoms with Crippen molar-refractivity contribution in [2.24, 2.45) is 11.7 Å². The van der Waals surface area contributed by atoms with E-state index in [2.05, 4.69) is 0 Å². The zero-order valence-electron chi connectivity index (χ0n) is 8.23. The Balaban J connectivity index is 2.04. The molecule has 72 valence electrons. The molecule has 1 rings (SSSR count). The van der Waals surface area contributed by atoms with Crippen molar-refractivity contribution in [3.05, 3.63) is 0 Å². The average Bonchev–Trinajstić information content (AvgIpc) is 2.33. The molecule has 1 nitrogen and oxygen atoms in total. The van der Waals surface area contributed by atoms with E-state index < -0.39 is 0 Å². The summed E-state index contributed by atoms with van der Waals surface area (Å²) in [5, 5.41) is 0. The predicted octanol–water partition coefficient (Wildman–Crippen LogP) is 3.09. The number of unbranched alkanes of at least 4 members (excludes halogenated alkanes) is 1. The number of hydrogen-bond donors (Lipinski definition) is 1. The minimum Gasteiger partial charge on any atom is -0.330 e. The molecule has 0 amide bonds. The van der Waals surface area contributed by atoms with E-state index in [0.29, 0.717) is 0 Å². The predicted molar refractivity (Wildman–Crippen MR) is 54.1 cm³/mol. The van der Waals surface area contributed by atoms with Crippen LogP contribution in [-0.2, 0) is 0 Å². The van der Waals surface area contributed by atoms with Crippen molar-refractivity contribution < 1.29 is 0 Å². The van der Waals surface area contributed by atoms with Gasteiger partial charge in [0.1, 0.15) is 0 Å². The molecule has 1 heteroatoms. The van der Waals surface area contributed by atoms with Crippen LogP contribution < -0.4 is 5.73 Å². The Hall–Kier alpha value is -0.0400. The number of rotatable bonds is 4. The topological polar surface area (TPSA) is 26.0 Å². The van der Waals surface area contributed by atoms with Gasteiger partial charge in [-0.3, -0.25) is 0 Å².